The van der Waals surface area contributed by atoms with Crippen LogP contribution in [0, 0.1) is 10.8 Å². The average Bonchev–Trinajstić information content (AvgIpc) is 3.52. The van der Waals surface area contributed by atoms with Crippen LogP contribution in [0.3, 0.4) is 0 Å². The largest absolute Gasteiger partial charge is 0.476 e. The molecule has 5 rings (SSSR count). The van der Waals surface area contributed by atoms with E-state index in [-0.39, 0.29) is 17.9 Å². The van der Waals surface area contributed by atoms with Crippen molar-refractivity contribution >= 4 is 23.6 Å². The van der Waals surface area contributed by atoms with Crippen LogP contribution in [0.25, 0.3) is 17.1 Å². The maximum Gasteiger partial charge on any atom is 0.397 e. The van der Waals surface area contributed by atoms with E-state index in [0.29, 0.717) is 23.9 Å². The lowest BCUT2D eigenvalue weighted by Gasteiger charge is -2.32. The molecule has 2 N–H and O–H groups in total. The van der Waals surface area contributed by atoms with Crippen LogP contribution in [-0.4, -0.2) is 62.3 Å². The fourth-order valence-electron chi connectivity index (χ4n) is 5.14. The number of halogens is 3. The first-order chi connectivity index (χ1) is 22.3. The van der Waals surface area contributed by atoms with Gasteiger partial charge >= 0.3 is 6.18 Å². The van der Waals surface area contributed by atoms with Crippen molar-refractivity contribution in [3.8, 4) is 23.0 Å². The van der Waals surface area contributed by atoms with E-state index < -0.39 is 18.2 Å². The van der Waals surface area contributed by atoms with Crippen LogP contribution in [-0.2, 0) is 6.42 Å². The van der Waals surface area contributed by atoms with Crippen LogP contribution >= 0.6 is 11.9 Å². The summed E-state index contributed by atoms with van der Waals surface area (Å²) in [6.45, 7) is 7.34. The number of anilines is 2. The number of aliphatic hydroxyl groups excluding tert-OH is 1. The Labute approximate surface area is 278 Å². The van der Waals surface area contributed by atoms with E-state index in [1.165, 1.54) is 22.7 Å². The van der Waals surface area contributed by atoms with Crippen molar-refractivity contribution < 1.29 is 23.0 Å². The van der Waals surface area contributed by atoms with Crippen molar-refractivity contribution in [3.05, 3.63) is 66.5 Å². The Balaban J connectivity index is 1.47. The number of aliphatic hydroxyl groups is 1. The number of hydrogen-bond acceptors (Lipinski definition) is 9. The second-order valence-electron chi connectivity index (χ2n) is 13.3. The molecule has 4 bridgehead atoms. The molecule has 0 amide bonds. The van der Waals surface area contributed by atoms with Crippen LogP contribution in [0.4, 0.5) is 24.8 Å². The molecule has 9 nitrogen and oxygen atoms in total. The highest BCUT2D eigenvalue weighted by atomic mass is 32.2. The highest BCUT2D eigenvalue weighted by Gasteiger charge is 2.48. The number of benzene rings is 1. The van der Waals surface area contributed by atoms with E-state index in [4.69, 9.17) is 19.7 Å². The quantitative estimate of drug-likeness (QED) is 0.191. The molecule has 4 aromatic rings. The van der Waals surface area contributed by atoms with Crippen molar-refractivity contribution in [2.75, 3.05) is 35.9 Å². The number of rotatable bonds is 7. The first-order valence-corrected chi connectivity index (χ1v) is 16.6. The zero-order valence-electron chi connectivity index (χ0n) is 27.2. The first-order valence-electron chi connectivity index (χ1n) is 15.8. The minimum atomic E-state index is -4.41. The predicted octanol–water partition coefficient (Wildman–Crippen LogP) is 7.75. The monoisotopic (exact) mass is 669 g/mol. The molecule has 0 spiro atoms. The number of fused-ring (bicyclic) bond motifs is 6. The summed E-state index contributed by atoms with van der Waals surface area (Å²) in [6.07, 6.45) is 3.72. The number of pyridine rings is 1. The van der Waals surface area contributed by atoms with Gasteiger partial charge in [-0.3, -0.25) is 0 Å². The topological polar surface area (TPSA) is 101 Å². The van der Waals surface area contributed by atoms with Gasteiger partial charge in [-0.2, -0.15) is 13.2 Å². The normalized spacial score (nSPS) is 15.0. The van der Waals surface area contributed by atoms with Gasteiger partial charge in [0.25, 0.3) is 0 Å². The summed E-state index contributed by atoms with van der Waals surface area (Å²) in [5.74, 6) is 1.86. The Hall–Kier alpha value is -3.84. The molecule has 0 saturated heterocycles. The summed E-state index contributed by atoms with van der Waals surface area (Å²) < 4.78 is 50.4. The molecular weight excluding hydrogens is 627 g/mol. The lowest BCUT2D eigenvalue weighted by Crippen LogP contribution is -2.37. The maximum atomic E-state index is 13.4. The number of hydrogen-bond donors (Lipinski definition) is 2. The molecule has 1 aliphatic heterocycles. The van der Waals surface area contributed by atoms with Crippen molar-refractivity contribution in [1.82, 2.24) is 24.7 Å². The Morgan fingerprint density at radius 1 is 0.957 bits per heavy atom. The predicted molar refractivity (Wildman–Crippen MR) is 179 cm³/mol. The minimum absolute atomic E-state index is 0.0639. The SMILES string of the molecule is CC(C)(CO)CN1CCCCCCc2ccccc2-c2nc(cnc2-n2ccc(OCC(C)(C)C(F)(F)F)n2)NSc2cccc1n2. The molecule has 1 aromatic carbocycles. The van der Waals surface area contributed by atoms with Gasteiger partial charge in [-0.05, 0) is 50.8 Å². The Morgan fingerprint density at radius 3 is 2.53 bits per heavy atom. The summed E-state index contributed by atoms with van der Waals surface area (Å²) in [6, 6.07) is 15.5. The molecule has 3 aromatic heterocycles. The molecule has 0 saturated carbocycles. The fraction of sp³-hybridized carbons (Fsp3) is 0.471. The molecule has 4 heterocycles. The highest BCUT2D eigenvalue weighted by molar-refractivity contribution is 8.00. The molecule has 1 aliphatic rings. The Kier molecular flexibility index (Phi) is 10.6. The smallest absolute Gasteiger partial charge is 0.397 e. The van der Waals surface area contributed by atoms with Gasteiger partial charge < -0.3 is 19.5 Å². The maximum absolute atomic E-state index is 13.4. The molecule has 0 unspecified atom stereocenters. The third kappa shape index (κ3) is 8.75. The molecule has 13 heteroatoms. The molecule has 0 radical (unpaired) electrons. The van der Waals surface area contributed by atoms with Crippen molar-refractivity contribution in [1.29, 1.82) is 0 Å². The number of aryl methyl sites for hydroxylation is 1. The Bertz CT molecular complexity index is 1640. The first kappa shape index (κ1) is 34.5. The van der Waals surface area contributed by atoms with Crippen molar-refractivity contribution in [2.24, 2.45) is 10.8 Å². The summed E-state index contributed by atoms with van der Waals surface area (Å²) in [7, 11) is 0. The summed E-state index contributed by atoms with van der Waals surface area (Å²) in [5, 5.41) is 15.1. The van der Waals surface area contributed by atoms with Gasteiger partial charge in [0.15, 0.2) is 11.6 Å². The minimum Gasteiger partial charge on any atom is -0.476 e. The second-order valence-corrected chi connectivity index (χ2v) is 14.1. The molecule has 0 aliphatic carbocycles. The number of ether oxygens (including phenoxy) is 1. The van der Waals surface area contributed by atoms with Crippen LogP contribution in [0.5, 0.6) is 5.88 Å². The van der Waals surface area contributed by atoms with Gasteiger partial charge in [-0.1, -0.05) is 57.0 Å². The van der Waals surface area contributed by atoms with Gasteiger partial charge in [0.1, 0.15) is 23.1 Å². The van der Waals surface area contributed by atoms with Crippen LogP contribution in [0.1, 0.15) is 58.9 Å². The molecular formula is C34H42F3N7O2S. The lowest BCUT2D eigenvalue weighted by atomic mass is 9.94. The van der Waals surface area contributed by atoms with E-state index in [1.807, 2.05) is 36.4 Å². The summed E-state index contributed by atoms with van der Waals surface area (Å²) >= 11 is 1.32. The van der Waals surface area contributed by atoms with Gasteiger partial charge in [0.2, 0.25) is 5.88 Å². The molecule has 0 fully saturated rings. The van der Waals surface area contributed by atoms with Crippen LogP contribution in [0.15, 0.2) is 66.0 Å². The van der Waals surface area contributed by atoms with Crippen molar-refractivity contribution in [2.45, 2.75) is 71.0 Å². The standard InChI is InChI=1S/C34H42F3N7O2S/c1-32(2,22-45)21-43-18-10-6-5-7-12-24-13-8-9-14-25(24)30-31(38-20-26(39-30)42-47-29-16-11-15-27(43)40-29)44-19-17-28(41-44)46-23-33(3,4)34(35,36)37/h8-9,11,13-17,19-20,45H,5-7,10,12,18,21-23H2,1-4H3,(H,39,42). The average molecular weight is 670 g/mol. The lowest BCUT2D eigenvalue weighted by molar-refractivity contribution is -0.219. The van der Waals surface area contributed by atoms with E-state index in [9.17, 15) is 18.3 Å². The molecule has 252 valence electrons. The third-order valence-electron chi connectivity index (χ3n) is 8.12. The number of nitrogens with zero attached hydrogens (tertiary/aromatic N) is 6. The van der Waals surface area contributed by atoms with Crippen molar-refractivity contribution in [3.63, 3.8) is 0 Å². The van der Waals surface area contributed by atoms with E-state index in [0.717, 1.165) is 74.5 Å². The van der Waals surface area contributed by atoms with Crippen LogP contribution in [0.2, 0.25) is 0 Å². The van der Waals surface area contributed by atoms with E-state index in [1.54, 1.807) is 12.4 Å². The van der Waals surface area contributed by atoms with E-state index >= 15 is 0 Å². The zero-order chi connectivity index (χ0) is 33.7. The third-order valence-corrected chi connectivity index (χ3v) is 8.87. The number of nitrogens with one attached hydrogen (secondary N) is 1. The zero-order valence-corrected chi connectivity index (χ0v) is 28.0. The molecule has 47 heavy (non-hydrogen) atoms. The fourth-order valence-corrected chi connectivity index (χ4v) is 5.74. The van der Waals surface area contributed by atoms with Gasteiger partial charge in [-0.25, -0.2) is 19.6 Å². The Morgan fingerprint density at radius 2 is 1.74 bits per heavy atom. The summed E-state index contributed by atoms with van der Waals surface area (Å²) in [5.41, 5.74) is 0.294. The van der Waals surface area contributed by atoms with Gasteiger partial charge in [-0.15, -0.1) is 5.10 Å². The molecule has 0 atom stereocenters. The number of aromatic nitrogens is 5. The second kappa shape index (κ2) is 14.5. The van der Waals surface area contributed by atoms with Gasteiger partial charge in [0, 0.05) is 54.9 Å². The van der Waals surface area contributed by atoms with Crippen LogP contribution < -0.4 is 14.4 Å². The van der Waals surface area contributed by atoms with Gasteiger partial charge in [0.05, 0.1) is 11.6 Å². The highest BCUT2D eigenvalue weighted by Crippen LogP contribution is 2.38. The van der Waals surface area contributed by atoms with E-state index in [2.05, 4.69) is 34.6 Å². The number of alkyl halides is 3. The summed E-state index contributed by atoms with van der Waals surface area (Å²) in [4.78, 5) is 16.9.